The summed E-state index contributed by atoms with van der Waals surface area (Å²) in [4.78, 5) is 6.08. The highest BCUT2D eigenvalue weighted by Crippen LogP contribution is 2.39. The minimum atomic E-state index is -4.45. The lowest BCUT2D eigenvalue weighted by Gasteiger charge is -2.30. The van der Waals surface area contributed by atoms with Crippen LogP contribution in [0.4, 0.5) is 13.2 Å². The summed E-state index contributed by atoms with van der Waals surface area (Å²) in [6, 6.07) is 8.54. The van der Waals surface area contributed by atoms with Crippen molar-refractivity contribution in [2.45, 2.75) is 31.6 Å². The third kappa shape index (κ3) is 4.28. The molecule has 1 saturated heterocycles. The summed E-state index contributed by atoms with van der Waals surface area (Å²) in [6.45, 7) is 2.46. The molecule has 34 heavy (non-hydrogen) atoms. The number of likely N-dealkylation sites (tertiary alicyclic amines) is 1. The van der Waals surface area contributed by atoms with Gasteiger partial charge in [0, 0.05) is 30.7 Å². The van der Waals surface area contributed by atoms with Gasteiger partial charge >= 0.3 is 6.18 Å². The van der Waals surface area contributed by atoms with Crippen molar-refractivity contribution in [1.82, 2.24) is 24.5 Å². The maximum absolute atomic E-state index is 14.1. The molecule has 5 rings (SSSR count). The van der Waals surface area contributed by atoms with Crippen LogP contribution in [0.5, 0.6) is 5.75 Å². The Balaban J connectivity index is 0.00000274. The Morgan fingerprint density at radius 1 is 1.15 bits per heavy atom. The van der Waals surface area contributed by atoms with Crippen molar-refractivity contribution < 1.29 is 17.9 Å². The summed E-state index contributed by atoms with van der Waals surface area (Å²) >= 11 is 0. The van der Waals surface area contributed by atoms with E-state index >= 15 is 0 Å². The Morgan fingerprint density at radius 3 is 2.62 bits per heavy atom. The number of benzene rings is 1. The molecule has 0 radical (unpaired) electrons. The fourth-order valence-electron chi connectivity index (χ4n) is 4.53. The molecule has 0 spiro atoms. The number of pyridine rings is 2. The maximum Gasteiger partial charge on any atom is 0.408 e. The zero-order valence-corrected chi connectivity index (χ0v) is 19.4. The summed E-state index contributed by atoms with van der Waals surface area (Å²) in [5.41, 5.74) is 8.60. The molecule has 7 nitrogen and oxygen atoms in total. The number of ether oxygens (including phenoxy) is 1. The van der Waals surface area contributed by atoms with Crippen molar-refractivity contribution in [3.05, 3.63) is 53.7 Å². The summed E-state index contributed by atoms with van der Waals surface area (Å²) in [7, 11) is 1.57. The Morgan fingerprint density at radius 2 is 1.94 bits per heavy atom. The van der Waals surface area contributed by atoms with Crippen LogP contribution in [0, 0.1) is 6.92 Å². The lowest BCUT2D eigenvalue weighted by atomic mass is 10.1. The highest BCUT2D eigenvalue weighted by Gasteiger charge is 2.46. The number of halogens is 4. The quantitative estimate of drug-likeness (QED) is 0.457. The van der Waals surface area contributed by atoms with Crippen molar-refractivity contribution in [1.29, 1.82) is 0 Å². The fourth-order valence-corrected chi connectivity index (χ4v) is 4.53. The largest absolute Gasteiger partial charge is 0.494 e. The third-order valence-electron chi connectivity index (χ3n) is 6.02. The molecule has 2 atom stereocenters. The van der Waals surface area contributed by atoms with Crippen LogP contribution in [-0.4, -0.2) is 56.9 Å². The second-order valence-electron chi connectivity index (χ2n) is 8.44. The van der Waals surface area contributed by atoms with Crippen molar-refractivity contribution >= 4 is 29.0 Å². The van der Waals surface area contributed by atoms with E-state index in [1.807, 2.05) is 25.1 Å². The molecule has 4 aromatic rings. The molecule has 1 aliphatic rings. The van der Waals surface area contributed by atoms with Gasteiger partial charge in [0.15, 0.2) is 11.5 Å². The molecule has 180 valence electrons. The molecule has 4 heterocycles. The second kappa shape index (κ2) is 9.01. The average molecular weight is 493 g/mol. The van der Waals surface area contributed by atoms with E-state index in [4.69, 9.17) is 15.5 Å². The van der Waals surface area contributed by atoms with E-state index in [0.717, 1.165) is 10.9 Å². The SMILES string of the molecule is COc1cc(C)cc2ccc(-c3nnc4ccc([C@@H](N5CC[C@H](N)C5)C(F)(F)F)cn34)nc12.Cl. The van der Waals surface area contributed by atoms with Crippen LogP contribution in [0.3, 0.4) is 0 Å². The van der Waals surface area contributed by atoms with E-state index in [9.17, 15) is 13.2 Å². The molecule has 1 aliphatic heterocycles. The van der Waals surface area contributed by atoms with E-state index in [2.05, 4.69) is 10.2 Å². The third-order valence-corrected chi connectivity index (χ3v) is 6.02. The zero-order valence-electron chi connectivity index (χ0n) is 18.6. The monoisotopic (exact) mass is 492 g/mol. The molecule has 11 heteroatoms. The standard InChI is InChI=1S/C23H23F3N6O.ClH/c1-13-9-14-3-5-17(28-20(14)18(10-13)33-2)22-30-29-19-6-4-15(11-32(19)22)21(23(24,25)26)31-8-7-16(27)12-31;/h3-6,9-11,16,21H,7-8,12,27H2,1-2H3;1H/t16-,21+;/m0./s1. The highest BCUT2D eigenvalue weighted by molar-refractivity contribution is 5.87. The molecule has 3 aromatic heterocycles. The minimum Gasteiger partial charge on any atom is -0.494 e. The van der Waals surface area contributed by atoms with Gasteiger partial charge in [-0.3, -0.25) is 9.30 Å². The van der Waals surface area contributed by atoms with Crippen LogP contribution in [0.2, 0.25) is 0 Å². The first kappa shape index (κ1) is 24.2. The lowest BCUT2D eigenvalue weighted by Crippen LogP contribution is -2.38. The molecule has 1 aromatic carbocycles. The number of aryl methyl sites for hydroxylation is 1. The van der Waals surface area contributed by atoms with Crippen LogP contribution >= 0.6 is 12.4 Å². The molecule has 0 amide bonds. The van der Waals surface area contributed by atoms with Gasteiger partial charge in [0.25, 0.3) is 0 Å². The number of nitrogens with zero attached hydrogens (tertiary/aromatic N) is 5. The summed E-state index contributed by atoms with van der Waals surface area (Å²) < 4.78 is 49.3. The smallest absolute Gasteiger partial charge is 0.408 e. The van der Waals surface area contributed by atoms with Crippen LogP contribution in [0.15, 0.2) is 42.6 Å². The Hall–Kier alpha value is -2.95. The first-order chi connectivity index (χ1) is 15.7. The Labute approximate surface area is 200 Å². The Bertz CT molecular complexity index is 1340. The number of fused-ring (bicyclic) bond motifs is 2. The van der Waals surface area contributed by atoms with Gasteiger partial charge in [-0.05, 0) is 48.7 Å². The van der Waals surface area contributed by atoms with Gasteiger partial charge in [0.05, 0.1) is 7.11 Å². The van der Waals surface area contributed by atoms with Gasteiger partial charge in [-0.1, -0.05) is 12.1 Å². The molecule has 0 bridgehead atoms. The number of alkyl halides is 3. The first-order valence-electron chi connectivity index (χ1n) is 10.6. The van der Waals surface area contributed by atoms with Gasteiger partial charge in [-0.25, -0.2) is 4.98 Å². The maximum atomic E-state index is 14.1. The van der Waals surface area contributed by atoms with E-state index < -0.39 is 12.2 Å². The van der Waals surface area contributed by atoms with Gasteiger partial charge in [0.1, 0.15) is 23.0 Å². The molecule has 2 N–H and O–H groups in total. The predicted octanol–water partition coefficient (Wildman–Crippen LogP) is 4.32. The van der Waals surface area contributed by atoms with Gasteiger partial charge in [-0.15, -0.1) is 22.6 Å². The van der Waals surface area contributed by atoms with Crippen molar-refractivity contribution in [3.63, 3.8) is 0 Å². The van der Waals surface area contributed by atoms with Crippen molar-refractivity contribution in [2.75, 3.05) is 20.2 Å². The normalized spacial score (nSPS) is 17.8. The summed E-state index contributed by atoms with van der Waals surface area (Å²) in [6.07, 6.45) is -2.46. The van der Waals surface area contributed by atoms with Gasteiger partial charge in [-0.2, -0.15) is 13.2 Å². The van der Waals surface area contributed by atoms with Crippen molar-refractivity contribution in [3.8, 4) is 17.3 Å². The molecular formula is C23H24ClF3N6O. The summed E-state index contributed by atoms with van der Waals surface area (Å²) in [5.74, 6) is 0.972. The van der Waals surface area contributed by atoms with E-state index in [1.54, 1.807) is 23.6 Å². The average Bonchev–Trinajstić information content (AvgIpc) is 3.38. The topological polar surface area (TPSA) is 81.6 Å². The van der Waals surface area contributed by atoms with Crippen LogP contribution in [0.25, 0.3) is 28.1 Å². The predicted molar refractivity (Wildman–Crippen MR) is 125 cm³/mol. The van der Waals surface area contributed by atoms with Crippen LogP contribution in [-0.2, 0) is 0 Å². The molecular weight excluding hydrogens is 469 g/mol. The number of rotatable bonds is 4. The van der Waals surface area contributed by atoms with Crippen LogP contribution in [0.1, 0.15) is 23.6 Å². The molecule has 0 unspecified atom stereocenters. The summed E-state index contributed by atoms with van der Waals surface area (Å²) in [5, 5.41) is 9.24. The number of hydrogen-bond donors (Lipinski definition) is 1. The lowest BCUT2D eigenvalue weighted by molar-refractivity contribution is -0.183. The first-order valence-corrected chi connectivity index (χ1v) is 10.6. The zero-order chi connectivity index (χ0) is 23.3. The minimum absolute atomic E-state index is 0. The molecule has 0 saturated carbocycles. The van der Waals surface area contributed by atoms with E-state index in [-0.39, 0.29) is 30.6 Å². The number of hydrogen-bond acceptors (Lipinski definition) is 6. The molecule has 1 fully saturated rings. The number of methoxy groups -OCH3 is 1. The van der Waals surface area contributed by atoms with Gasteiger partial charge in [0.2, 0.25) is 0 Å². The fraction of sp³-hybridized carbons (Fsp3) is 0.348. The number of aromatic nitrogens is 4. The highest BCUT2D eigenvalue weighted by atomic mass is 35.5. The Kier molecular flexibility index (Phi) is 6.41. The van der Waals surface area contributed by atoms with Crippen LogP contribution < -0.4 is 10.5 Å². The van der Waals surface area contributed by atoms with Gasteiger partial charge < -0.3 is 10.5 Å². The second-order valence-corrected chi connectivity index (χ2v) is 8.44. The van der Waals surface area contributed by atoms with E-state index in [1.165, 1.54) is 17.2 Å². The van der Waals surface area contributed by atoms with E-state index in [0.29, 0.717) is 41.4 Å². The number of nitrogens with two attached hydrogens (primary N) is 1. The molecule has 0 aliphatic carbocycles. The van der Waals surface area contributed by atoms with Crippen molar-refractivity contribution in [2.24, 2.45) is 5.73 Å².